The summed E-state index contributed by atoms with van der Waals surface area (Å²) < 4.78 is 6.65. The highest BCUT2D eigenvalue weighted by Gasteiger charge is 2.60. The summed E-state index contributed by atoms with van der Waals surface area (Å²) in [4.78, 5) is 11.9. The zero-order valence-corrected chi connectivity index (χ0v) is 17.4. The molecular formula is C23H39NO2. The average Bonchev–Trinajstić information content (AvgIpc) is 2.96. The minimum Gasteiger partial charge on any atom is -0.374 e. The van der Waals surface area contributed by atoms with Crippen LogP contribution in [0.1, 0.15) is 91.9 Å². The molecule has 1 heterocycles. The van der Waals surface area contributed by atoms with Gasteiger partial charge in [-0.3, -0.25) is 4.79 Å². The predicted octanol–water partition coefficient (Wildman–Crippen LogP) is 5.08. The lowest BCUT2D eigenvalue weighted by Gasteiger charge is -2.60. The number of hydrogen-bond donors (Lipinski definition) is 1. The Morgan fingerprint density at radius 1 is 1.00 bits per heavy atom. The molecule has 1 aliphatic heterocycles. The zero-order chi connectivity index (χ0) is 18.5. The Kier molecular flexibility index (Phi) is 4.91. The highest BCUT2D eigenvalue weighted by atomic mass is 16.5. The van der Waals surface area contributed by atoms with E-state index in [9.17, 15) is 4.79 Å². The lowest BCUT2D eigenvalue weighted by molar-refractivity contribution is -0.145. The van der Waals surface area contributed by atoms with Gasteiger partial charge in [-0.1, -0.05) is 27.7 Å². The van der Waals surface area contributed by atoms with Gasteiger partial charge in [-0.05, 0) is 86.4 Å². The molecule has 0 radical (unpaired) electrons. The highest BCUT2D eigenvalue weighted by molar-refractivity contribution is 5.77. The van der Waals surface area contributed by atoms with Gasteiger partial charge in [-0.25, -0.2) is 0 Å². The molecule has 4 aliphatic rings. The van der Waals surface area contributed by atoms with E-state index in [0.29, 0.717) is 29.1 Å². The number of amides is 1. The Labute approximate surface area is 160 Å². The summed E-state index contributed by atoms with van der Waals surface area (Å²) in [5, 5.41) is 3.35. The van der Waals surface area contributed by atoms with E-state index in [1.165, 1.54) is 38.5 Å². The fraction of sp³-hybridized carbons (Fsp3) is 0.957. The van der Waals surface area contributed by atoms with Gasteiger partial charge in [-0.15, -0.1) is 0 Å². The maximum atomic E-state index is 11.9. The molecule has 0 spiro atoms. The third-order valence-electron chi connectivity index (χ3n) is 9.28. The van der Waals surface area contributed by atoms with Crippen molar-refractivity contribution in [1.29, 1.82) is 0 Å². The van der Waals surface area contributed by atoms with Crippen molar-refractivity contribution in [2.45, 2.75) is 110 Å². The van der Waals surface area contributed by atoms with Crippen LogP contribution in [-0.2, 0) is 9.53 Å². The lowest BCUT2D eigenvalue weighted by atomic mass is 9.47. The van der Waals surface area contributed by atoms with Crippen LogP contribution in [0, 0.1) is 28.6 Å². The molecule has 148 valence electrons. The van der Waals surface area contributed by atoms with Gasteiger partial charge >= 0.3 is 0 Å². The number of carbonyl (C=O) groups excluding carboxylic acids is 1. The molecule has 2 unspecified atom stereocenters. The lowest BCUT2D eigenvalue weighted by Crippen LogP contribution is -2.61. The molecule has 0 aromatic carbocycles. The van der Waals surface area contributed by atoms with E-state index in [1.807, 2.05) is 0 Å². The molecule has 1 N–H and O–H groups in total. The molecule has 26 heavy (non-hydrogen) atoms. The summed E-state index contributed by atoms with van der Waals surface area (Å²) in [5.74, 6) is 2.76. The Hall–Kier alpha value is -0.570. The van der Waals surface area contributed by atoms with Crippen molar-refractivity contribution in [2.24, 2.45) is 28.6 Å². The second-order valence-corrected chi connectivity index (χ2v) is 10.3. The van der Waals surface area contributed by atoms with Gasteiger partial charge in [0.25, 0.3) is 0 Å². The van der Waals surface area contributed by atoms with E-state index in [0.717, 1.165) is 43.4 Å². The van der Waals surface area contributed by atoms with Crippen molar-refractivity contribution in [1.82, 2.24) is 5.32 Å². The van der Waals surface area contributed by atoms with Crippen LogP contribution in [-0.4, -0.2) is 24.2 Å². The van der Waals surface area contributed by atoms with E-state index in [-0.39, 0.29) is 5.91 Å². The van der Waals surface area contributed by atoms with E-state index in [2.05, 4.69) is 33.0 Å². The first-order valence-corrected chi connectivity index (χ1v) is 11.4. The van der Waals surface area contributed by atoms with E-state index in [1.54, 1.807) is 0 Å². The molecular weight excluding hydrogens is 322 g/mol. The van der Waals surface area contributed by atoms with Gasteiger partial charge in [0.2, 0.25) is 5.91 Å². The monoisotopic (exact) mass is 361 g/mol. The van der Waals surface area contributed by atoms with Gasteiger partial charge in [-0.2, -0.15) is 0 Å². The van der Waals surface area contributed by atoms with Crippen molar-refractivity contribution in [3.05, 3.63) is 0 Å². The third kappa shape index (κ3) is 2.75. The molecule has 3 nitrogen and oxygen atoms in total. The van der Waals surface area contributed by atoms with Crippen LogP contribution in [0.2, 0.25) is 0 Å². The molecule has 3 saturated carbocycles. The van der Waals surface area contributed by atoms with Crippen molar-refractivity contribution in [3.63, 3.8) is 0 Å². The van der Waals surface area contributed by atoms with E-state index < -0.39 is 0 Å². The molecule has 1 amide bonds. The van der Waals surface area contributed by atoms with Gasteiger partial charge < -0.3 is 10.1 Å². The number of hydrogen-bond acceptors (Lipinski definition) is 2. The third-order valence-corrected chi connectivity index (χ3v) is 9.28. The number of nitrogens with one attached hydrogen (secondary N) is 1. The second kappa shape index (κ2) is 6.79. The Morgan fingerprint density at radius 2 is 1.73 bits per heavy atom. The predicted molar refractivity (Wildman–Crippen MR) is 105 cm³/mol. The fourth-order valence-corrected chi connectivity index (χ4v) is 7.59. The van der Waals surface area contributed by atoms with Crippen LogP contribution < -0.4 is 5.32 Å². The van der Waals surface area contributed by atoms with Crippen molar-refractivity contribution in [2.75, 3.05) is 0 Å². The van der Waals surface area contributed by atoms with Gasteiger partial charge in [0.15, 0.2) is 0 Å². The number of rotatable bonds is 4. The minimum absolute atomic E-state index is 0.283. The summed E-state index contributed by atoms with van der Waals surface area (Å²) in [5.41, 5.74) is 0.706. The molecule has 0 aromatic rings. The maximum absolute atomic E-state index is 11.9. The maximum Gasteiger partial charge on any atom is 0.220 e. The second-order valence-electron chi connectivity index (χ2n) is 10.3. The first-order valence-electron chi connectivity index (χ1n) is 11.4. The smallest absolute Gasteiger partial charge is 0.220 e. The number of piperidine rings is 1. The Balaban J connectivity index is 1.53. The summed E-state index contributed by atoms with van der Waals surface area (Å²) in [6.07, 6.45) is 12.8. The SMILES string of the molecule is CCC(CC)OC1CC[C@H]2[C@@H]3CCC4NC(=O)CC[C@]4(C)[C@@H]3CC[C@]12C. The molecule has 0 aromatic heterocycles. The molecule has 0 bridgehead atoms. The Bertz CT molecular complexity index is 544. The summed E-state index contributed by atoms with van der Waals surface area (Å²) >= 11 is 0. The van der Waals surface area contributed by atoms with Gasteiger partial charge in [0, 0.05) is 12.5 Å². The van der Waals surface area contributed by atoms with Crippen LogP contribution in [0.15, 0.2) is 0 Å². The van der Waals surface area contributed by atoms with Gasteiger partial charge in [0.1, 0.15) is 0 Å². The number of carbonyl (C=O) groups is 1. The summed E-state index contributed by atoms with van der Waals surface area (Å²) in [6.45, 7) is 9.56. The van der Waals surface area contributed by atoms with Crippen molar-refractivity contribution in [3.8, 4) is 0 Å². The highest BCUT2D eigenvalue weighted by Crippen LogP contribution is 2.64. The minimum atomic E-state index is 0.283. The molecule has 4 rings (SSSR count). The number of ether oxygens (including phenoxy) is 1. The molecule has 3 aliphatic carbocycles. The van der Waals surface area contributed by atoms with Crippen LogP contribution in [0.4, 0.5) is 0 Å². The fourth-order valence-electron chi connectivity index (χ4n) is 7.59. The average molecular weight is 362 g/mol. The standard InChI is InChI=1S/C23H39NO2/c1-5-15(6-2)26-20-10-8-17-16-7-9-19-22(3,14-12-21(25)24-19)18(16)11-13-23(17,20)4/h15-20H,5-14H2,1-4H3,(H,24,25)/t16-,17-,18+,19?,20?,22+,23-/m0/s1. The van der Waals surface area contributed by atoms with Crippen molar-refractivity contribution >= 4 is 5.91 Å². The largest absolute Gasteiger partial charge is 0.374 e. The molecule has 7 atom stereocenters. The van der Waals surface area contributed by atoms with E-state index in [4.69, 9.17) is 4.74 Å². The first-order chi connectivity index (χ1) is 12.4. The van der Waals surface area contributed by atoms with Crippen LogP contribution in [0.3, 0.4) is 0 Å². The molecule has 1 saturated heterocycles. The summed E-state index contributed by atoms with van der Waals surface area (Å²) in [6, 6.07) is 0.423. The van der Waals surface area contributed by atoms with Crippen LogP contribution >= 0.6 is 0 Å². The molecule has 4 fully saturated rings. The number of fused-ring (bicyclic) bond motifs is 5. The molecule has 3 heteroatoms. The Morgan fingerprint density at radius 3 is 2.46 bits per heavy atom. The van der Waals surface area contributed by atoms with Crippen molar-refractivity contribution < 1.29 is 9.53 Å². The quantitative estimate of drug-likeness (QED) is 0.758. The van der Waals surface area contributed by atoms with Gasteiger partial charge in [0.05, 0.1) is 12.2 Å². The first kappa shape index (κ1) is 18.8. The van der Waals surface area contributed by atoms with E-state index >= 15 is 0 Å². The van der Waals surface area contributed by atoms with Crippen LogP contribution in [0.5, 0.6) is 0 Å². The normalized spacial score (nSPS) is 47.9. The zero-order valence-electron chi connectivity index (χ0n) is 17.4. The van der Waals surface area contributed by atoms with Crippen LogP contribution in [0.25, 0.3) is 0 Å². The topological polar surface area (TPSA) is 38.3 Å². The summed E-state index contributed by atoms with van der Waals surface area (Å²) in [7, 11) is 0.